The molecular weight excluding hydrogens is 1040 g/mol. The molecule has 0 aliphatic heterocycles. The SMILES string of the molecule is CC/C=C\C/C=C\C/C=C\C/C=C\C/C=C\C/C=C\C/C=C\C/C=C\CCCCCCCCCCCCC(=O)OC(COC(=O)CCC/C=C\C/C=C\C/C=C\C/C=C\C/C=C\C/C=C\C/C=C\CC)COP(=O)([O-])OCC[N+](C)(C)C. The highest BCUT2D eigenvalue weighted by molar-refractivity contribution is 7.45. The Morgan fingerprint density at radius 1 is 0.378 bits per heavy atom. The monoisotopic (exact) mass is 1150 g/mol. The summed E-state index contributed by atoms with van der Waals surface area (Å²) in [6.07, 6.45) is 93.8. The summed E-state index contributed by atoms with van der Waals surface area (Å²) in [5.41, 5.74) is 0. The van der Waals surface area contributed by atoms with Crippen molar-refractivity contribution < 1.29 is 42.1 Å². The molecule has 10 heteroatoms. The smallest absolute Gasteiger partial charge is 0.306 e. The summed E-state index contributed by atoms with van der Waals surface area (Å²) in [5, 5.41) is 0. The second-order valence-corrected chi connectivity index (χ2v) is 22.7. The van der Waals surface area contributed by atoms with E-state index in [1.165, 1.54) is 38.5 Å². The van der Waals surface area contributed by atoms with Crippen LogP contribution in [0.5, 0.6) is 0 Å². The molecule has 9 nitrogen and oxygen atoms in total. The van der Waals surface area contributed by atoms with E-state index < -0.39 is 32.5 Å². The van der Waals surface area contributed by atoms with E-state index in [9.17, 15) is 19.0 Å². The van der Waals surface area contributed by atoms with Crippen molar-refractivity contribution in [3.8, 4) is 0 Å². The number of unbranched alkanes of at least 4 members (excludes halogenated alkanes) is 11. The summed E-state index contributed by atoms with van der Waals surface area (Å²) >= 11 is 0. The maximum atomic E-state index is 12.8. The molecule has 2 atom stereocenters. The molecule has 0 bridgehead atoms. The minimum absolute atomic E-state index is 0.0514. The quantitative estimate of drug-likeness (QED) is 0.0195. The molecule has 0 aromatic rings. The fourth-order valence-corrected chi connectivity index (χ4v) is 8.39. The zero-order valence-electron chi connectivity index (χ0n) is 52.1. The highest BCUT2D eigenvalue weighted by atomic mass is 31.2. The van der Waals surface area contributed by atoms with Crippen LogP contribution in [0.3, 0.4) is 0 Å². The van der Waals surface area contributed by atoms with Gasteiger partial charge in [-0.15, -0.1) is 0 Å². The van der Waals surface area contributed by atoms with Crippen LogP contribution < -0.4 is 4.89 Å². The van der Waals surface area contributed by atoms with E-state index in [0.29, 0.717) is 30.3 Å². The number of ether oxygens (including phenoxy) is 2. The first-order valence-electron chi connectivity index (χ1n) is 31.5. The van der Waals surface area contributed by atoms with Crippen LogP contribution in [0.4, 0.5) is 0 Å². The van der Waals surface area contributed by atoms with Crippen LogP contribution in [0.25, 0.3) is 0 Å². The van der Waals surface area contributed by atoms with E-state index in [0.717, 1.165) is 122 Å². The van der Waals surface area contributed by atoms with Gasteiger partial charge in [-0.3, -0.25) is 14.2 Å². The average molecular weight is 1150 g/mol. The zero-order valence-corrected chi connectivity index (χ0v) is 53.0. The molecule has 0 rings (SSSR count). The molecular formula is C72H114NO8P. The molecule has 0 aromatic heterocycles. The molecule has 82 heavy (non-hydrogen) atoms. The van der Waals surface area contributed by atoms with Crippen LogP contribution in [-0.2, 0) is 32.7 Å². The van der Waals surface area contributed by atoms with E-state index >= 15 is 0 Å². The molecule has 0 N–H and O–H groups in total. The van der Waals surface area contributed by atoms with Crippen molar-refractivity contribution in [1.82, 2.24) is 0 Å². The number of quaternary nitrogens is 1. The first kappa shape index (κ1) is 77.1. The summed E-state index contributed by atoms with van der Waals surface area (Å²) in [6, 6.07) is 0. The maximum Gasteiger partial charge on any atom is 0.306 e. The lowest BCUT2D eigenvalue weighted by Crippen LogP contribution is -2.37. The van der Waals surface area contributed by atoms with Crippen molar-refractivity contribution in [2.75, 3.05) is 47.5 Å². The number of likely N-dealkylation sites (N-methyl/N-ethyl adjacent to an activating group) is 1. The number of carbonyl (C=O) groups is 2. The molecule has 0 fully saturated rings. The van der Waals surface area contributed by atoms with E-state index in [-0.39, 0.29) is 26.1 Å². The number of hydrogen-bond donors (Lipinski definition) is 0. The van der Waals surface area contributed by atoms with Gasteiger partial charge in [0.05, 0.1) is 27.7 Å². The minimum atomic E-state index is -4.67. The summed E-state index contributed by atoms with van der Waals surface area (Å²) in [6.45, 7) is 3.91. The number of allylic oxidation sites excluding steroid dienone is 30. The molecule has 0 heterocycles. The lowest BCUT2D eigenvalue weighted by atomic mass is 10.0. The van der Waals surface area contributed by atoms with Gasteiger partial charge >= 0.3 is 11.9 Å². The first-order valence-corrected chi connectivity index (χ1v) is 33.0. The Kier molecular flexibility index (Phi) is 57.1. The predicted molar refractivity (Wildman–Crippen MR) is 350 cm³/mol. The van der Waals surface area contributed by atoms with Crippen molar-refractivity contribution in [3.63, 3.8) is 0 Å². The molecule has 0 saturated carbocycles. The Hall–Kier alpha value is -4.89. The van der Waals surface area contributed by atoms with Crippen molar-refractivity contribution in [1.29, 1.82) is 0 Å². The van der Waals surface area contributed by atoms with Crippen molar-refractivity contribution >= 4 is 19.8 Å². The molecule has 0 aliphatic rings. The number of rotatable bonds is 55. The number of nitrogens with zero attached hydrogens (tertiary/aromatic N) is 1. The second-order valence-electron chi connectivity index (χ2n) is 21.3. The number of carbonyl (C=O) groups excluding carboxylic acids is 2. The fraction of sp³-hybridized carbons (Fsp3) is 0.556. The Labute approximate surface area is 501 Å². The third-order valence-corrected chi connectivity index (χ3v) is 13.4. The molecule has 0 amide bonds. The normalized spacial score (nSPS) is 14.5. The number of hydrogen-bond acceptors (Lipinski definition) is 8. The topological polar surface area (TPSA) is 111 Å². The van der Waals surface area contributed by atoms with Crippen LogP contribution in [0, 0.1) is 0 Å². The highest BCUT2D eigenvalue weighted by Gasteiger charge is 2.21. The van der Waals surface area contributed by atoms with Gasteiger partial charge in [0, 0.05) is 12.8 Å². The lowest BCUT2D eigenvalue weighted by Gasteiger charge is -2.28. The largest absolute Gasteiger partial charge is 0.756 e. The fourth-order valence-electron chi connectivity index (χ4n) is 7.66. The minimum Gasteiger partial charge on any atom is -0.756 e. The Bertz CT molecular complexity index is 2030. The zero-order chi connectivity index (χ0) is 59.8. The van der Waals surface area contributed by atoms with E-state index in [1.54, 1.807) is 0 Å². The van der Waals surface area contributed by atoms with Crippen LogP contribution >= 0.6 is 7.82 Å². The van der Waals surface area contributed by atoms with Crippen molar-refractivity contribution in [2.45, 2.75) is 213 Å². The van der Waals surface area contributed by atoms with Gasteiger partial charge in [-0.25, -0.2) is 0 Å². The van der Waals surface area contributed by atoms with Gasteiger partial charge in [0.25, 0.3) is 7.82 Å². The molecule has 460 valence electrons. The Morgan fingerprint density at radius 2 is 0.671 bits per heavy atom. The average Bonchev–Trinajstić information content (AvgIpc) is 3.45. The number of esters is 2. The van der Waals surface area contributed by atoms with E-state index in [1.807, 2.05) is 21.1 Å². The van der Waals surface area contributed by atoms with Crippen LogP contribution in [0.1, 0.15) is 206 Å². The van der Waals surface area contributed by atoms with Gasteiger partial charge in [-0.2, -0.15) is 0 Å². The number of phosphoric ester groups is 1. The van der Waals surface area contributed by atoms with Crippen molar-refractivity contribution in [2.24, 2.45) is 0 Å². The van der Waals surface area contributed by atoms with Gasteiger partial charge in [0.15, 0.2) is 6.10 Å². The number of phosphoric acid groups is 1. The van der Waals surface area contributed by atoms with Gasteiger partial charge in [0.1, 0.15) is 19.8 Å². The highest BCUT2D eigenvalue weighted by Crippen LogP contribution is 2.38. The van der Waals surface area contributed by atoms with Crippen LogP contribution in [0.2, 0.25) is 0 Å². The standard InChI is InChI=1S/C72H114NO8P/c1-6-8-10-12-14-16-18-20-22-24-26-28-30-31-32-33-34-35-36-37-38-39-40-41-43-45-47-49-51-53-55-57-59-61-63-65-72(75)81-70(69-80-82(76,77)79-67-66-73(3,4)5)68-78-71(74)64-62-60-58-56-54-52-50-48-46-44-42-29-27-25-23-21-19-17-15-13-11-9-7-2/h8-11,14-17,20-23,26-29,31-32,34-35,37-38,40-41,44,46,50,52,56,58,70H,6-7,12-13,18-19,24-25,30,33,36,39,42-43,45,47-49,51,53-55,57,59-69H2,1-5H3/b10-8-,11-9-,16-14-,17-15-,22-20-,23-21-,28-26-,29-27-,32-31-,35-34-,38-37-,41-40-,46-44-,52-50-,58-56-. The Morgan fingerprint density at radius 3 is 1.01 bits per heavy atom. The third-order valence-electron chi connectivity index (χ3n) is 12.4. The summed E-state index contributed by atoms with van der Waals surface area (Å²) < 4.78 is 34.1. The molecule has 0 aromatic carbocycles. The molecule has 2 unspecified atom stereocenters. The summed E-state index contributed by atoms with van der Waals surface area (Å²) in [4.78, 5) is 37.9. The van der Waals surface area contributed by atoms with Gasteiger partial charge in [-0.1, -0.05) is 247 Å². The van der Waals surface area contributed by atoms with Crippen LogP contribution in [0.15, 0.2) is 182 Å². The predicted octanol–water partition coefficient (Wildman–Crippen LogP) is 19.7. The molecule has 0 spiro atoms. The van der Waals surface area contributed by atoms with Crippen molar-refractivity contribution in [3.05, 3.63) is 182 Å². The van der Waals surface area contributed by atoms with Gasteiger partial charge in [0.2, 0.25) is 0 Å². The van der Waals surface area contributed by atoms with Gasteiger partial charge in [-0.05, 0) is 128 Å². The summed E-state index contributed by atoms with van der Waals surface area (Å²) in [5.74, 6) is -0.923. The molecule has 0 radical (unpaired) electrons. The van der Waals surface area contributed by atoms with Crippen LogP contribution in [-0.4, -0.2) is 70.0 Å². The Balaban J connectivity index is 4.25. The van der Waals surface area contributed by atoms with E-state index in [2.05, 4.69) is 196 Å². The third kappa shape index (κ3) is 64.3. The second kappa shape index (κ2) is 60.7. The maximum absolute atomic E-state index is 12.8. The van der Waals surface area contributed by atoms with E-state index in [4.69, 9.17) is 18.5 Å². The van der Waals surface area contributed by atoms with Gasteiger partial charge < -0.3 is 27.9 Å². The molecule has 0 aliphatic carbocycles. The molecule has 0 saturated heterocycles. The summed E-state index contributed by atoms with van der Waals surface area (Å²) in [7, 11) is 1.10. The lowest BCUT2D eigenvalue weighted by molar-refractivity contribution is -0.870. The first-order chi connectivity index (χ1) is 40.0.